The van der Waals surface area contributed by atoms with Crippen LogP contribution < -0.4 is 10.7 Å². The molecule has 0 radical (unpaired) electrons. The molecule has 0 aliphatic rings. The van der Waals surface area contributed by atoms with Crippen molar-refractivity contribution in [3.05, 3.63) is 12.4 Å². The number of nitrogens with zero attached hydrogens (tertiary/aromatic N) is 2. The van der Waals surface area contributed by atoms with Crippen LogP contribution in [-0.4, -0.2) is 27.0 Å². The zero-order valence-corrected chi connectivity index (χ0v) is 8.14. The van der Waals surface area contributed by atoms with Crippen LogP contribution in [0.5, 0.6) is 0 Å². The lowest BCUT2D eigenvalue weighted by molar-refractivity contribution is -0.137. The molecule has 14 heavy (non-hydrogen) atoms. The van der Waals surface area contributed by atoms with Crippen LogP contribution in [0.15, 0.2) is 12.4 Å². The van der Waals surface area contributed by atoms with E-state index in [0.29, 0.717) is 0 Å². The molecule has 7 nitrogen and oxygen atoms in total. The van der Waals surface area contributed by atoms with Gasteiger partial charge in [-0.3, -0.25) is 5.43 Å². The van der Waals surface area contributed by atoms with Crippen molar-refractivity contribution < 1.29 is 19.0 Å². The van der Waals surface area contributed by atoms with Gasteiger partial charge in [0, 0.05) is 0 Å². The van der Waals surface area contributed by atoms with E-state index >= 15 is 0 Å². The molecule has 8 heteroatoms. The maximum Gasteiger partial charge on any atom is 0.352 e. The molecule has 0 unspecified atom stereocenters. The highest BCUT2D eigenvalue weighted by Crippen LogP contribution is 2.01. The largest absolute Gasteiger partial charge is 0.480 e. The van der Waals surface area contributed by atoms with Crippen molar-refractivity contribution in [2.45, 2.75) is 13.0 Å². The van der Waals surface area contributed by atoms with E-state index in [0.717, 1.165) is 11.0 Å². The molecule has 0 fully saturated rings. The smallest absolute Gasteiger partial charge is 0.352 e. The van der Waals surface area contributed by atoms with Crippen LogP contribution in [-0.2, 0) is 13.9 Å². The highest BCUT2D eigenvalue weighted by molar-refractivity contribution is 7.40. The molecule has 1 rings (SSSR count). The molecular formula is C6H8N3O4P. The minimum absolute atomic E-state index is 0.0325. The summed E-state index contributed by atoms with van der Waals surface area (Å²) in [6, 6.07) is -0.840. The van der Waals surface area contributed by atoms with Gasteiger partial charge in [0.2, 0.25) is 0 Å². The third kappa shape index (κ3) is 2.43. The van der Waals surface area contributed by atoms with Gasteiger partial charge in [0.05, 0.1) is 12.4 Å². The van der Waals surface area contributed by atoms with E-state index in [-0.39, 0.29) is 5.30 Å². The quantitative estimate of drug-likeness (QED) is 0.671. The Morgan fingerprint density at radius 2 is 2.36 bits per heavy atom. The number of rotatable bonds is 4. The third-order valence-electron chi connectivity index (χ3n) is 1.48. The number of hydrogen-bond acceptors (Lipinski definition) is 5. The van der Waals surface area contributed by atoms with E-state index in [1.165, 1.54) is 13.1 Å². The van der Waals surface area contributed by atoms with Crippen molar-refractivity contribution >= 4 is 19.0 Å². The Labute approximate surface area is 79.5 Å². The Balaban J connectivity index is 2.73. The fraction of sp³-hybridized carbons (Fsp3) is 0.333. The van der Waals surface area contributed by atoms with Crippen LogP contribution in [0, 0.1) is 0 Å². The minimum atomic E-state index is -2.69. The molecule has 0 amide bonds. The lowest BCUT2D eigenvalue weighted by atomic mass is 10.4. The Hall–Kier alpha value is -1.62. The van der Waals surface area contributed by atoms with Crippen molar-refractivity contribution in [3.8, 4) is 0 Å². The summed E-state index contributed by atoms with van der Waals surface area (Å²) in [6.07, 6.45) is 2.33. The molecule has 0 aromatic carbocycles. The summed E-state index contributed by atoms with van der Waals surface area (Å²) in [5, 5.41) is 12.2. The van der Waals surface area contributed by atoms with Gasteiger partial charge >= 0.3 is 13.6 Å². The topological polar surface area (TPSA) is 101 Å². The number of carboxylic acids is 1. The first-order chi connectivity index (χ1) is 6.50. The normalized spacial score (nSPS) is 12.1. The molecule has 0 spiro atoms. The van der Waals surface area contributed by atoms with E-state index in [9.17, 15) is 13.9 Å². The van der Waals surface area contributed by atoms with Crippen molar-refractivity contribution in [1.82, 2.24) is 9.89 Å². The SMILES string of the molecule is C[C@H](Nn1cc(P(=O)=O)cn1)C(=O)O. The Bertz CT molecular complexity index is 403. The monoisotopic (exact) mass is 217 g/mol. The first-order valence-electron chi connectivity index (χ1n) is 3.69. The maximum absolute atomic E-state index is 10.5. The zero-order valence-electron chi connectivity index (χ0n) is 7.25. The summed E-state index contributed by atoms with van der Waals surface area (Å²) in [7, 11) is -2.69. The molecule has 0 bridgehead atoms. The number of carbonyl (C=O) groups is 1. The van der Waals surface area contributed by atoms with E-state index < -0.39 is 19.7 Å². The van der Waals surface area contributed by atoms with Crippen LogP contribution in [0.1, 0.15) is 6.92 Å². The van der Waals surface area contributed by atoms with Crippen molar-refractivity contribution in [2.24, 2.45) is 0 Å². The van der Waals surface area contributed by atoms with E-state index in [4.69, 9.17) is 5.11 Å². The summed E-state index contributed by atoms with van der Waals surface area (Å²) < 4.78 is 20.9. The third-order valence-corrected chi connectivity index (χ3v) is 2.13. The molecule has 1 aromatic rings. The van der Waals surface area contributed by atoms with Crippen LogP contribution in [0.3, 0.4) is 0 Å². The predicted octanol–water partition coefficient (Wildman–Crippen LogP) is -0.302. The zero-order chi connectivity index (χ0) is 10.7. The van der Waals surface area contributed by atoms with Gasteiger partial charge in [-0.15, -0.1) is 0 Å². The highest BCUT2D eigenvalue weighted by Gasteiger charge is 2.11. The lowest BCUT2D eigenvalue weighted by Gasteiger charge is -2.09. The number of hydrogen-bond donors (Lipinski definition) is 2. The van der Waals surface area contributed by atoms with E-state index in [2.05, 4.69) is 10.5 Å². The lowest BCUT2D eigenvalue weighted by Crippen LogP contribution is -2.32. The summed E-state index contributed by atoms with van der Waals surface area (Å²) >= 11 is 0. The second-order valence-electron chi connectivity index (χ2n) is 2.59. The second kappa shape index (κ2) is 4.06. The summed E-state index contributed by atoms with van der Waals surface area (Å²) in [4.78, 5) is 11.5. The average molecular weight is 217 g/mol. The number of aromatic nitrogens is 2. The molecule has 1 aromatic heterocycles. The van der Waals surface area contributed by atoms with Gasteiger partial charge < -0.3 is 5.11 Å². The Morgan fingerprint density at radius 3 is 2.79 bits per heavy atom. The average Bonchev–Trinajstić information content (AvgIpc) is 2.52. The van der Waals surface area contributed by atoms with E-state index in [1.807, 2.05) is 0 Å². The maximum atomic E-state index is 10.5. The van der Waals surface area contributed by atoms with Gasteiger partial charge in [-0.2, -0.15) is 9.89 Å². The fourth-order valence-corrected chi connectivity index (χ4v) is 1.08. The van der Waals surface area contributed by atoms with E-state index in [1.54, 1.807) is 0 Å². The highest BCUT2D eigenvalue weighted by atomic mass is 31.1. The molecule has 0 saturated carbocycles. The van der Waals surface area contributed by atoms with Gasteiger partial charge in [-0.25, -0.2) is 13.9 Å². The molecule has 2 N–H and O–H groups in total. The molecule has 1 heterocycles. The predicted molar refractivity (Wildman–Crippen MR) is 46.6 cm³/mol. The van der Waals surface area contributed by atoms with Crippen molar-refractivity contribution in [1.29, 1.82) is 0 Å². The van der Waals surface area contributed by atoms with Gasteiger partial charge in [0.25, 0.3) is 0 Å². The van der Waals surface area contributed by atoms with Crippen LogP contribution in [0.25, 0.3) is 0 Å². The first kappa shape index (κ1) is 10.5. The number of aliphatic carboxylic acids is 1. The Kier molecular flexibility index (Phi) is 3.03. The summed E-state index contributed by atoms with van der Waals surface area (Å²) in [5.41, 5.74) is 2.46. The molecule has 0 saturated heterocycles. The fourth-order valence-electron chi connectivity index (χ4n) is 0.732. The first-order valence-corrected chi connectivity index (χ1v) is 4.87. The van der Waals surface area contributed by atoms with Crippen LogP contribution >= 0.6 is 7.68 Å². The summed E-state index contributed by atoms with van der Waals surface area (Å²) in [6.45, 7) is 1.42. The van der Waals surface area contributed by atoms with Gasteiger partial charge in [0.15, 0.2) is 0 Å². The van der Waals surface area contributed by atoms with Crippen molar-refractivity contribution in [3.63, 3.8) is 0 Å². The molecule has 76 valence electrons. The Morgan fingerprint density at radius 1 is 1.71 bits per heavy atom. The van der Waals surface area contributed by atoms with Gasteiger partial charge in [-0.1, -0.05) is 0 Å². The van der Waals surface area contributed by atoms with Gasteiger partial charge in [0.1, 0.15) is 11.3 Å². The van der Waals surface area contributed by atoms with Gasteiger partial charge in [-0.05, 0) is 6.92 Å². The summed E-state index contributed by atoms with van der Waals surface area (Å²) in [5.74, 6) is -1.05. The molecule has 1 atom stereocenters. The molecule has 0 aliphatic carbocycles. The van der Waals surface area contributed by atoms with Crippen LogP contribution in [0.2, 0.25) is 0 Å². The molecular weight excluding hydrogens is 209 g/mol. The minimum Gasteiger partial charge on any atom is -0.480 e. The molecule has 0 aliphatic heterocycles. The van der Waals surface area contributed by atoms with Crippen LogP contribution in [0.4, 0.5) is 0 Å². The number of carboxylic acid groups (broad SMARTS) is 1. The van der Waals surface area contributed by atoms with Crippen molar-refractivity contribution in [2.75, 3.05) is 5.43 Å². The second-order valence-corrected chi connectivity index (χ2v) is 3.62. The standard InChI is InChI=1S/C6H8N3O4P/c1-4(6(10)11)8-9-3-5(2-7-9)14(12)13/h2-4,8H,1H3,(H,10,11)/t4-/m0/s1. The number of nitrogens with one attached hydrogen (secondary N) is 1.